The molecule has 2 aromatic rings. The fraction of sp³-hybridized carbons (Fsp3) is 0.529. The zero-order valence-electron chi connectivity index (χ0n) is 29.6. The van der Waals surface area contributed by atoms with Gasteiger partial charge in [-0.15, -0.1) is 6.58 Å². The number of halogens is 6. The molecule has 0 radical (unpaired) electrons. The molecule has 0 unspecified atom stereocenters. The van der Waals surface area contributed by atoms with E-state index in [0.717, 1.165) is 24.8 Å². The number of benzene rings is 1. The van der Waals surface area contributed by atoms with Crippen LogP contribution in [0.1, 0.15) is 46.5 Å². The van der Waals surface area contributed by atoms with Crippen LogP contribution in [0, 0.1) is 11.7 Å². The molecule has 2 aliphatic carbocycles. The molecule has 20 heteroatoms. The van der Waals surface area contributed by atoms with Crippen molar-refractivity contribution in [3.05, 3.63) is 55.3 Å². The molecule has 0 bridgehead atoms. The van der Waals surface area contributed by atoms with Gasteiger partial charge in [-0.25, -0.2) is 26.6 Å². The minimum atomic E-state index is -4.88. The van der Waals surface area contributed by atoms with Gasteiger partial charge < -0.3 is 29.7 Å². The van der Waals surface area contributed by atoms with Gasteiger partial charge in [0.1, 0.15) is 23.7 Å². The second-order valence-corrected chi connectivity index (χ2v) is 16.0. The normalized spacial score (nSPS) is 24.0. The van der Waals surface area contributed by atoms with E-state index in [1.165, 1.54) is 32.4 Å². The summed E-state index contributed by atoms with van der Waals surface area (Å²) in [5.41, 5.74) is -4.62. The molecule has 3 fully saturated rings. The molecule has 296 valence electrons. The predicted octanol–water partition coefficient (Wildman–Crippen LogP) is 3.84. The van der Waals surface area contributed by atoms with E-state index in [0.29, 0.717) is 5.39 Å². The summed E-state index contributed by atoms with van der Waals surface area (Å²) in [6.45, 7) is 9.48. The highest BCUT2D eigenvalue weighted by Gasteiger charge is 2.66. The number of rotatable bonds is 15. The fourth-order valence-electron chi connectivity index (χ4n) is 6.26. The molecule has 2 heterocycles. The van der Waals surface area contributed by atoms with Gasteiger partial charge in [0.2, 0.25) is 27.7 Å². The number of carbonyl (C=O) groups excluding carboxylic acids is 3. The van der Waals surface area contributed by atoms with Gasteiger partial charge >= 0.3 is 6.18 Å². The zero-order chi connectivity index (χ0) is 40.2. The smallest absolute Gasteiger partial charge is 0.427 e. The number of pyridine rings is 1. The van der Waals surface area contributed by atoms with E-state index in [-0.39, 0.29) is 49.2 Å². The van der Waals surface area contributed by atoms with Crippen LogP contribution in [0.15, 0.2) is 49.5 Å². The molecule has 3 amide bonds. The maximum atomic E-state index is 14.7. The first-order valence-electron chi connectivity index (χ1n) is 16.6. The first-order chi connectivity index (χ1) is 25.0. The van der Waals surface area contributed by atoms with Crippen molar-refractivity contribution in [2.24, 2.45) is 5.92 Å². The Labute approximate surface area is 306 Å². The Bertz CT molecular complexity index is 1970. The summed E-state index contributed by atoms with van der Waals surface area (Å²) in [6, 6.07) is 1.31. The molecule has 1 aliphatic heterocycles. The van der Waals surface area contributed by atoms with Crippen LogP contribution < -0.4 is 24.8 Å². The van der Waals surface area contributed by atoms with Crippen LogP contribution in [0.5, 0.6) is 11.6 Å². The van der Waals surface area contributed by atoms with E-state index in [1.807, 2.05) is 0 Å². The van der Waals surface area contributed by atoms with E-state index in [4.69, 9.17) is 14.2 Å². The van der Waals surface area contributed by atoms with Crippen LogP contribution in [0.3, 0.4) is 0 Å². The summed E-state index contributed by atoms with van der Waals surface area (Å²) in [5, 5.41) is 5.63. The van der Waals surface area contributed by atoms with Crippen molar-refractivity contribution in [1.82, 2.24) is 25.2 Å². The summed E-state index contributed by atoms with van der Waals surface area (Å²) in [5.74, 6) is -5.37. The van der Waals surface area contributed by atoms with E-state index >= 15 is 0 Å². The maximum absolute atomic E-state index is 14.7. The summed E-state index contributed by atoms with van der Waals surface area (Å²) >= 11 is 0. The highest BCUT2D eigenvalue weighted by Crippen LogP contribution is 2.50. The summed E-state index contributed by atoms with van der Waals surface area (Å²) in [7, 11) is -3.59. The highest BCUT2D eigenvalue weighted by atomic mass is 32.2. The van der Waals surface area contributed by atoms with Gasteiger partial charge in [-0.3, -0.25) is 19.1 Å². The number of carbonyl (C=O) groups is 3. The Balaban J connectivity index is 1.40. The SMILES string of the molecule is C=C[C@@H]1C[C@]1(NC(=O)[C@@H]1C[C@@H](Oc2nccc3cc(OC)c(F)cc23)CN1C(=O)[C@H](C)NC(=C)OC(C)(C)C(F)(F)F)C(=O)NS(=O)(=O)C1(C(F)F)CC1. The molecule has 0 spiro atoms. The van der Waals surface area contributed by atoms with Crippen LogP contribution in [-0.2, 0) is 29.1 Å². The molecule has 54 heavy (non-hydrogen) atoms. The molecule has 1 aromatic carbocycles. The first-order valence-corrected chi connectivity index (χ1v) is 18.1. The minimum Gasteiger partial charge on any atom is -0.494 e. The Kier molecular flexibility index (Phi) is 10.6. The second kappa shape index (κ2) is 14.2. The lowest BCUT2D eigenvalue weighted by Gasteiger charge is -2.32. The lowest BCUT2D eigenvalue weighted by atomic mass is 10.1. The van der Waals surface area contributed by atoms with Gasteiger partial charge in [-0.1, -0.05) is 6.08 Å². The van der Waals surface area contributed by atoms with Crippen molar-refractivity contribution >= 4 is 38.5 Å². The number of sulfonamides is 1. The molecule has 5 atom stereocenters. The summed E-state index contributed by atoms with van der Waals surface area (Å²) in [6.07, 6.45) is -7.60. The molecule has 1 saturated heterocycles. The Morgan fingerprint density at radius 1 is 1.17 bits per heavy atom. The quantitative estimate of drug-likeness (QED) is 0.137. The van der Waals surface area contributed by atoms with Crippen molar-refractivity contribution in [2.45, 2.75) is 93.1 Å². The third-order valence-corrected chi connectivity index (χ3v) is 12.0. The van der Waals surface area contributed by atoms with Gasteiger partial charge in [-0.2, -0.15) is 13.2 Å². The summed E-state index contributed by atoms with van der Waals surface area (Å²) < 4.78 is 123. The van der Waals surface area contributed by atoms with Gasteiger partial charge in [-0.05, 0) is 70.2 Å². The monoisotopic (exact) mass is 791 g/mol. The number of hydrogen-bond donors (Lipinski definition) is 3. The number of amides is 3. The van der Waals surface area contributed by atoms with E-state index in [1.54, 1.807) is 10.8 Å². The van der Waals surface area contributed by atoms with Crippen LogP contribution in [0.2, 0.25) is 0 Å². The lowest BCUT2D eigenvalue weighted by molar-refractivity contribution is -0.253. The fourth-order valence-corrected chi connectivity index (χ4v) is 7.76. The third-order valence-electron chi connectivity index (χ3n) is 9.89. The molecule has 5 rings (SSSR count). The average molecular weight is 792 g/mol. The molecular formula is C34H39F6N5O8S. The van der Waals surface area contributed by atoms with Crippen molar-refractivity contribution < 1.29 is 63.4 Å². The maximum Gasteiger partial charge on any atom is 0.427 e. The van der Waals surface area contributed by atoms with Crippen molar-refractivity contribution in [3.63, 3.8) is 0 Å². The zero-order valence-corrected chi connectivity index (χ0v) is 30.4. The number of fused-ring (bicyclic) bond motifs is 1. The predicted molar refractivity (Wildman–Crippen MR) is 180 cm³/mol. The van der Waals surface area contributed by atoms with E-state index < -0.39 is 92.0 Å². The van der Waals surface area contributed by atoms with Gasteiger partial charge in [0.25, 0.3) is 12.3 Å². The average Bonchev–Trinajstić information content (AvgIpc) is 3.99. The lowest BCUT2D eigenvalue weighted by Crippen LogP contribution is -2.58. The number of alkyl halides is 5. The third kappa shape index (κ3) is 7.48. The number of hydrogen-bond acceptors (Lipinski definition) is 10. The highest BCUT2D eigenvalue weighted by molar-refractivity contribution is 7.91. The van der Waals surface area contributed by atoms with Crippen molar-refractivity contribution in [1.29, 1.82) is 0 Å². The Morgan fingerprint density at radius 2 is 1.83 bits per heavy atom. The van der Waals surface area contributed by atoms with Gasteiger partial charge in [0.15, 0.2) is 27.8 Å². The summed E-state index contributed by atoms with van der Waals surface area (Å²) in [4.78, 5) is 46.5. The van der Waals surface area contributed by atoms with Crippen LogP contribution >= 0.6 is 0 Å². The first kappa shape index (κ1) is 40.4. The molecular weight excluding hydrogens is 752 g/mol. The van der Waals surface area contributed by atoms with E-state index in [9.17, 15) is 49.1 Å². The Hall–Kier alpha value is -4.75. The number of nitrogens with one attached hydrogen (secondary N) is 3. The topological polar surface area (TPSA) is 165 Å². The van der Waals surface area contributed by atoms with Crippen LogP contribution in [-0.4, -0.2) is 96.4 Å². The molecule has 1 aromatic heterocycles. The van der Waals surface area contributed by atoms with Crippen molar-refractivity contribution in [3.8, 4) is 11.6 Å². The van der Waals surface area contributed by atoms with Crippen LogP contribution in [0.4, 0.5) is 26.3 Å². The van der Waals surface area contributed by atoms with Gasteiger partial charge in [0.05, 0.1) is 13.7 Å². The van der Waals surface area contributed by atoms with Crippen LogP contribution in [0.25, 0.3) is 10.8 Å². The van der Waals surface area contributed by atoms with Crippen molar-refractivity contribution in [2.75, 3.05) is 13.7 Å². The molecule has 3 aliphatic rings. The van der Waals surface area contributed by atoms with E-state index in [2.05, 4.69) is 28.8 Å². The minimum absolute atomic E-state index is 0.0510. The standard InChI is InChI=1S/C34H39F6N5O8S/c1-7-20-15-33(20,30(48)44-54(49,50)32(9-10-32)29(36)37)43-26(46)24-13-21(52-27-22-14-23(35)25(51-6)12-19(22)8-11-41-27)16-45(24)28(47)17(2)42-18(3)53-31(4,5)34(38,39)40/h7-8,11-12,14,17,20-21,24,29,42H,1,3,9-10,13,15-16H2,2,4-6H3,(H,43,46)(H,44,48)/t17-,20+,21+,24-,33+/m0/s1. The largest absolute Gasteiger partial charge is 0.494 e. The number of methoxy groups -OCH3 is 1. The molecule has 2 saturated carbocycles. The number of nitrogens with zero attached hydrogens (tertiary/aromatic N) is 2. The number of likely N-dealkylation sites (tertiary alicyclic amines) is 1. The van der Waals surface area contributed by atoms with Gasteiger partial charge in [0, 0.05) is 23.9 Å². The Morgan fingerprint density at radius 3 is 2.39 bits per heavy atom. The number of ether oxygens (including phenoxy) is 3. The molecule has 3 N–H and O–H groups in total. The second-order valence-electron chi connectivity index (χ2n) is 14.0. The number of aromatic nitrogens is 1. The molecule has 13 nitrogen and oxygen atoms in total.